The molecule has 0 spiro atoms. The van der Waals surface area contributed by atoms with E-state index in [1.54, 1.807) is 6.20 Å². The summed E-state index contributed by atoms with van der Waals surface area (Å²) >= 11 is 0. The molecule has 1 fully saturated rings. The predicted octanol–water partition coefficient (Wildman–Crippen LogP) is 1.75. The molecular weight excluding hydrogens is 326 g/mol. The quantitative estimate of drug-likeness (QED) is 0.710. The van der Waals surface area contributed by atoms with E-state index in [9.17, 15) is 0 Å². The van der Waals surface area contributed by atoms with Crippen molar-refractivity contribution in [3.63, 3.8) is 0 Å². The fraction of sp³-hybridized carbons (Fsp3) is 0.421. The first-order valence-electron chi connectivity index (χ1n) is 8.97. The van der Waals surface area contributed by atoms with Crippen molar-refractivity contribution in [3.05, 3.63) is 53.2 Å². The van der Waals surface area contributed by atoms with Crippen molar-refractivity contribution in [2.24, 2.45) is 0 Å². The van der Waals surface area contributed by atoms with Crippen LogP contribution < -0.4 is 0 Å². The van der Waals surface area contributed by atoms with Crippen molar-refractivity contribution < 1.29 is 0 Å². The third-order valence-corrected chi connectivity index (χ3v) is 4.90. The standard InChI is InChI=1S/C19H23N7/c1-14-3-4-16(15(2)9-14)11-25-5-7-26(8-6-25)12-18-22-17-10-20-13-21-19(17)24-23-18/h3-4,9-10,13H,5-8,11-12H2,1-2H3. The zero-order valence-corrected chi connectivity index (χ0v) is 15.3. The number of hydrogen-bond donors (Lipinski definition) is 0. The van der Waals surface area contributed by atoms with Crippen LogP contribution in [0.4, 0.5) is 0 Å². The van der Waals surface area contributed by atoms with Crippen LogP contribution in [-0.4, -0.2) is 61.1 Å². The van der Waals surface area contributed by atoms with E-state index >= 15 is 0 Å². The summed E-state index contributed by atoms with van der Waals surface area (Å²) in [6.07, 6.45) is 3.15. The lowest BCUT2D eigenvalue weighted by Crippen LogP contribution is -2.45. The van der Waals surface area contributed by atoms with Gasteiger partial charge in [-0.1, -0.05) is 23.8 Å². The Labute approximate surface area is 153 Å². The monoisotopic (exact) mass is 349 g/mol. The normalized spacial score (nSPS) is 16.2. The van der Waals surface area contributed by atoms with Gasteiger partial charge in [0.05, 0.1) is 12.7 Å². The summed E-state index contributed by atoms with van der Waals surface area (Å²) in [7, 11) is 0. The minimum Gasteiger partial charge on any atom is -0.297 e. The highest BCUT2D eigenvalue weighted by molar-refractivity contribution is 5.66. The fourth-order valence-corrected chi connectivity index (χ4v) is 3.37. The Kier molecular flexibility index (Phi) is 4.81. The van der Waals surface area contributed by atoms with Crippen molar-refractivity contribution in [1.82, 2.24) is 34.9 Å². The van der Waals surface area contributed by atoms with Gasteiger partial charge in [0.2, 0.25) is 5.65 Å². The first-order chi connectivity index (χ1) is 12.7. The van der Waals surface area contributed by atoms with Gasteiger partial charge in [0.25, 0.3) is 0 Å². The van der Waals surface area contributed by atoms with Crippen LogP contribution in [0.25, 0.3) is 11.2 Å². The van der Waals surface area contributed by atoms with Gasteiger partial charge in [0.1, 0.15) is 11.8 Å². The summed E-state index contributed by atoms with van der Waals surface area (Å²) in [5.41, 5.74) is 5.37. The average Bonchev–Trinajstić information content (AvgIpc) is 2.65. The van der Waals surface area contributed by atoms with Crippen molar-refractivity contribution in [1.29, 1.82) is 0 Å². The van der Waals surface area contributed by atoms with Gasteiger partial charge >= 0.3 is 0 Å². The van der Waals surface area contributed by atoms with E-state index in [2.05, 4.69) is 67.0 Å². The van der Waals surface area contributed by atoms with Gasteiger partial charge in [-0.25, -0.2) is 15.0 Å². The van der Waals surface area contributed by atoms with E-state index in [-0.39, 0.29) is 0 Å². The minimum atomic E-state index is 0.544. The molecule has 0 aliphatic carbocycles. The largest absolute Gasteiger partial charge is 0.297 e. The molecule has 0 bridgehead atoms. The Hall–Kier alpha value is -2.51. The zero-order valence-electron chi connectivity index (χ0n) is 15.3. The molecule has 0 atom stereocenters. The van der Waals surface area contributed by atoms with Crippen LogP contribution >= 0.6 is 0 Å². The first-order valence-corrected chi connectivity index (χ1v) is 8.97. The van der Waals surface area contributed by atoms with Crippen LogP contribution in [0.3, 0.4) is 0 Å². The van der Waals surface area contributed by atoms with Gasteiger partial charge < -0.3 is 0 Å². The highest BCUT2D eigenvalue weighted by Gasteiger charge is 2.19. The van der Waals surface area contributed by atoms with Gasteiger partial charge in [-0.05, 0) is 25.0 Å². The third kappa shape index (κ3) is 3.84. The molecule has 1 aliphatic rings. The van der Waals surface area contributed by atoms with E-state index in [0.717, 1.165) is 45.1 Å². The van der Waals surface area contributed by atoms with Crippen molar-refractivity contribution in [2.75, 3.05) is 26.2 Å². The molecule has 26 heavy (non-hydrogen) atoms. The molecule has 0 saturated carbocycles. The summed E-state index contributed by atoms with van der Waals surface area (Å²) in [4.78, 5) is 17.5. The molecule has 7 nitrogen and oxygen atoms in total. The molecule has 134 valence electrons. The van der Waals surface area contributed by atoms with Crippen molar-refractivity contribution in [3.8, 4) is 0 Å². The topological polar surface area (TPSA) is 70.9 Å². The lowest BCUT2D eigenvalue weighted by atomic mass is 10.1. The smallest absolute Gasteiger partial charge is 0.203 e. The highest BCUT2D eigenvalue weighted by Crippen LogP contribution is 2.15. The fourth-order valence-electron chi connectivity index (χ4n) is 3.37. The van der Waals surface area contributed by atoms with Crippen molar-refractivity contribution in [2.45, 2.75) is 26.9 Å². The molecule has 4 rings (SSSR count). The molecule has 2 aromatic heterocycles. The average molecular weight is 349 g/mol. The van der Waals surface area contributed by atoms with E-state index in [0.29, 0.717) is 11.2 Å². The lowest BCUT2D eigenvalue weighted by Gasteiger charge is -2.34. The zero-order chi connectivity index (χ0) is 17.9. The van der Waals surface area contributed by atoms with Crippen LogP contribution in [0.5, 0.6) is 0 Å². The highest BCUT2D eigenvalue weighted by atomic mass is 15.3. The van der Waals surface area contributed by atoms with Crippen LogP contribution in [0.15, 0.2) is 30.7 Å². The second kappa shape index (κ2) is 7.39. The minimum absolute atomic E-state index is 0.544. The summed E-state index contributed by atoms with van der Waals surface area (Å²) in [5, 5.41) is 8.33. The van der Waals surface area contributed by atoms with Gasteiger partial charge in [-0.3, -0.25) is 9.80 Å². The Morgan fingerprint density at radius 1 is 0.962 bits per heavy atom. The molecular formula is C19H23N7. The van der Waals surface area contributed by atoms with Gasteiger partial charge in [-0.15, -0.1) is 10.2 Å². The molecule has 0 N–H and O–H groups in total. The maximum atomic E-state index is 4.52. The summed E-state index contributed by atoms with van der Waals surface area (Å²) < 4.78 is 0. The summed E-state index contributed by atoms with van der Waals surface area (Å²) in [5.74, 6) is 0.732. The number of benzene rings is 1. The Balaban J connectivity index is 1.34. The molecule has 7 heteroatoms. The summed E-state index contributed by atoms with van der Waals surface area (Å²) in [6.45, 7) is 10.2. The van der Waals surface area contributed by atoms with E-state index in [4.69, 9.17) is 0 Å². The first kappa shape index (κ1) is 16.9. The Morgan fingerprint density at radius 2 is 1.73 bits per heavy atom. The molecule has 0 unspecified atom stereocenters. The van der Waals surface area contributed by atoms with Crippen LogP contribution in [0, 0.1) is 13.8 Å². The SMILES string of the molecule is Cc1ccc(CN2CCN(Cc3nnc4ncncc4n3)CC2)c(C)c1. The molecule has 0 radical (unpaired) electrons. The number of piperazine rings is 1. The van der Waals surface area contributed by atoms with E-state index in [1.165, 1.54) is 23.0 Å². The second-order valence-corrected chi connectivity index (χ2v) is 6.94. The van der Waals surface area contributed by atoms with Crippen LogP contribution in [0.2, 0.25) is 0 Å². The Morgan fingerprint density at radius 3 is 2.50 bits per heavy atom. The van der Waals surface area contributed by atoms with E-state index < -0.39 is 0 Å². The number of hydrogen-bond acceptors (Lipinski definition) is 7. The number of aromatic nitrogens is 5. The molecule has 1 saturated heterocycles. The van der Waals surface area contributed by atoms with Crippen LogP contribution in [0.1, 0.15) is 22.5 Å². The third-order valence-electron chi connectivity index (χ3n) is 4.90. The Bertz CT molecular complexity index is 903. The van der Waals surface area contributed by atoms with Crippen molar-refractivity contribution >= 4 is 11.2 Å². The number of aryl methyl sites for hydroxylation is 2. The summed E-state index contributed by atoms with van der Waals surface area (Å²) in [6, 6.07) is 6.72. The van der Waals surface area contributed by atoms with Crippen LogP contribution in [-0.2, 0) is 13.1 Å². The molecule has 1 aromatic carbocycles. The molecule has 0 amide bonds. The van der Waals surface area contributed by atoms with Gasteiger partial charge in [-0.2, -0.15) is 0 Å². The van der Waals surface area contributed by atoms with E-state index in [1.807, 2.05) is 0 Å². The maximum Gasteiger partial charge on any atom is 0.203 e. The predicted molar refractivity (Wildman–Crippen MR) is 99.4 cm³/mol. The lowest BCUT2D eigenvalue weighted by molar-refractivity contribution is 0.119. The molecule has 3 heterocycles. The second-order valence-electron chi connectivity index (χ2n) is 6.94. The molecule has 1 aliphatic heterocycles. The number of rotatable bonds is 4. The van der Waals surface area contributed by atoms with Gasteiger partial charge in [0.15, 0.2) is 5.82 Å². The maximum absolute atomic E-state index is 4.52. The number of nitrogens with zero attached hydrogens (tertiary/aromatic N) is 7. The molecule has 3 aromatic rings. The van der Waals surface area contributed by atoms with Gasteiger partial charge in [0, 0.05) is 32.7 Å². The number of fused-ring (bicyclic) bond motifs is 1.